The van der Waals surface area contributed by atoms with Gasteiger partial charge in [0.15, 0.2) is 5.76 Å². The van der Waals surface area contributed by atoms with E-state index in [2.05, 4.69) is 0 Å². The summed E-state index contributed by atoms with van der Waals surface area (Å²) in [5, 5.41) is 0.295. The molecule has 3 aromatic carbocycles. The van der Waals surface area contributed by atoms with Gasteiger partial charge in [-0.1, -0.05) is 29.8 Å². The molecular formula is C24H18ClFO4. The van der Waals surface area contributed by atoms with Crippen LogP contribution in [0.25, 0.3) is 6.08 Å². The van der Waals surface area contributed by atoms with Gasteiger partial charge in [0.25, 0.3) is 0 Å². The molecule has 0 bridgehead atoms. The van der Waals surface area contributed by atoms with Gasteiger partial charge < -0.3 is 14.2 Å². The van der Waals surface area contributed by atoms with Gasteiger partial charge in [0.1, 0.15) is 29.7 Å². The first kappa shape index (κ1) is 20.0. The topological polar surface area (TPSA) is 44.8 Å². The maximum absolute atomic E-state index is 13.2. The number of ketones is 1. The molecule has 0 amide bonds. The van der Waals surface area contributed by atoms with E-state index in [1.54, 1.807) is 30.3 Å². The number of benzene rings is 3. The fourth-order valence-corrected chi connectivity index (χ4v) is 3.26. The summed E-state index contributed by atoms with van der Waals surface area (Å²) in [6.45, 7) is 2.68. The van der Waals surface area contributed by atoms with Crippen LogP contribution in [0.3, 0.4) is 0 Å². The second-order valence-corrected chi connectivity index (χ2v) is 7.03. The van der Waals surface area contributed by atoms with Crippen LogP contribution in [-0.4, -0.2) is 12.4 Å². The van der Waals surface area contributed by atoms with Gasteiger partial charge in [-0.25, -0.2) is 4.39 Å². The number of hydrogen-bond acceptors (Lipinski definition) is 4. The largest absolute Gasteiger partial charge is 0.494 e. The SMILES string of the molecule is CCOc1ccc(C=C2Oc3cc(OCc4ccc(F)cc4Cl)ccc3C2=O)cc1. The molecule has 3 aromatic rings. The van der Waals surface area contributed by atoms with Crippen LogP contribution in [0.4, 0.5) is 4.39 Å². The Kier molecular flexibility index (Phi) is 5.72. The summed E-state index contributed by atoms with van der Waals surface area (Å²) in [5.41, 5.74) is 1.96. The lowest BCUT2D eigenvalue weighted by Gasteiger charge is -2.08. The second kappa shape index (κ2) is 8.59. The molecule has 0 fully saturated rings. The number of Topliss-reactive ketones (excluding diaryl/α,β-unsaturated/α-hetero) is 1. The Labute approximate surface area is 178 Å². The molecule has 0 saturated heterocycles. The lowest BCUT2D eigenvalue weighted by atomic mass is 10.1. The Hall–Kier alpha value is -3.31. The van der Waals surface area contributed by atoms with Gasteiger partial charge in [0, 0.05) is 11.6 Å². The van der Waals surface area contributed by atoms with E-state index in [-0.39, 0.29) is 18.1 Å². The molecule has 6 heteroatoms. The molecule has 0 aliphatic carbocycles. The van der Waals surface area contributed by atoms with Crippen molar-refractivity contribution in [2.75, 3.05) is 6.61 Å². The van der Waals surface area contributed by atoms with Crippen LogP contribution in [0, 0.1) is 5.82 Å². The molecule has 0 unspecified atom stereocenters. The molecule has 30 heavy (non-hydrogen) atoms. The summed E-state index contributed by atoms with van der Waals surface area (Å²) >= 11 is 6.03. The highest BCUT2D eigenvalue weighted by Gasteiger charge is 2.27. The van der Waals surface area contributed by atoms with Crippen molar-refractivity contribution >= 4 is 23.5 Å². The highest BCUT2D eigenvalue weighted by atomic mass is 35.5. The summed E-state index contributed by atoms with van der Waals surface area (Å²) in [6.07, 6.45) is 1.69. The zero-order chi connectivity index (χ0) is 21.1. The third-order valence-corrected chi connectivity index (χ3v) is 4.89. The van der Waals surface area contributed by atoms with Gasteiger partial charge in [-0.15, -0.1) is 0 Å². The third-order valence-electron chi connectivity index (χ3n) is 4.54. The van der Waals surface area contributed by atoms with Crippen molar-refractivity contribution in [1.29, 1.82) is 0 Å². The van der Waals surface area contributed by atoms with Crippen LogP contribution in [0.15, 0.2) is 66.4 Å². The molecule has 0 N–H and O–H groups in total. The van der Waals surface area contributed by atoms with Gasteiger partial charge in [-0.2, -0.15) is 0 Å². The minimum Gasteiger partial charge on any atom is -0.494 e. The van der Waals surface area contributed by atoms with Crippen LogP contribution in [-0.2, 0) is 6.61 Å². The fraction of sp³-hybridized carbons (Fsp3) is 0.125. The number of ether oxygens (including phenoxy) is 3. The van der Waals surface area contributed by atoms with Crippen molar-refractivity contribution in [2.24, 2.45) is 0 Å². The van der Waals surface area contributed by atoms with E-state index in [1.807, 2.05) is 31.2 Å². The quantitative estimate of drug-likeness (QED) is 0.450. The molecule has 0 saturated carbocycles. The van der Waals surface area contributed by atoms with Crippen molar-refractivity contribution in [3.63, 3.8) is 0 Å². The lowest BCUT2D eigenvalue weighted by Crippen LogP contribution is -1.98. The van der Waals surface area contributed by atoms with Gasteiger partial charge in [0.05, 0.1) is 17.2 Å². The average Bonchev–Trinajstić information content (AvgIpc) is 3.04. The molecule has 4 rings (SSSR count). The van der Waals surface area contributed by atoms with Crippen LogP contribution >= 0.6 is 11.6 Å². The van der Waals surface area contributed by atoms with Crippen LogP contribution in [0.5, 0.6) is 17.2 Å². The highest BCUT2D eigenvalue weighted by Crippen LogP contribution is 2.35. The Bertz CT molecular complexity index is 1120. The highest BCUT2D eigenvalue weighted by molar-refractivity contribution is 6.31. The van der Waals surface area contributed by atoms with Crippen LogP contribution < -0.4 is 14.2 Å². The second-order valence-electron chi connectivity index (χ2n) is 6.62. The predicted molar refractivity (Wildman–Crippen MR) is 113 cm³/mol. The number of rotatable bonds is 6. The monoisotopic (exact) mass is 424 g/mol. The Morgan fingerprint density at radius 3 is 2.50 bits per heavy atom. The Morgan fingerprint density at radius 2 is 1.77 bits per heavy atom. The molecule has 0 spiro atoms. The van der Waals surface area contributed by atoms with Gasteiger partial charge in [-0.3, -0.25) is 4.79 Å². The van der Waals surface area contributed by atoms with Crippen molar-refractivity contribution in [3.05, 3.63) is 94.0 Å². The summed E-state index contributed by atoms with van der Waals surface area (Å²) in [6, 6.07) is 16.6. The first-order valence-electron chi connectivity index (χ1n) is 9.41. The first-order valence-corrected chi connectivity index (χ1v) is 9.79. The normalized spacial score (nSPS) is 13.8. The van der Waals surface area contributed by atoms with Crippen molar-refractivity contribution < 1.29 is 23.4 Å². The Morgan fingerprint density at radius 1 is 1.00 bits per heavy atom. The maximum atomic E-state index is 13.2. The van der Waals surface area contributed by atoms with Crippen LogP contribution in [0.2, 0.25) is 5.02 Å². The summed E-state index contributed by atoms with van der Waals surface area (Å²) < 4.78 is 30.1. The number of carbonyl (C=O) groups excluding carboxylic acids is 1. The van der Waals surface area contributed by atoms with Crippen molar-refractivity contribution in [3.8, 4) is 17.2 Å². The molecule has 4 nitrogen and oxygen atoms in total. The van der Waals surface area contributed by atoms with E-state index >= 15 is 0 Å². The van der Waals surface area contributed by atoms with Gasteiger partial charge >= 0.3 is 0 Å². The molecular weight excluding hydrogens is 407 g/mol. The maximum Gasteiger partial charge on any atom is 0.231 e. The van der Waals surface area contributed by atoms with E-state index in [1.165, 1.54) is 12.1 Å². The van der Waals surface area contributed by atoms with Crippen LogP contribution in [0.1, 0.15) is 28.4 Å². The minimum atomic E-state index is -0.403. The van der Waals surface area contributed by atoms with Gasteiger partial charge in [0.2, 0.25) is 5.78 Å². The first-order chi connectivity index (χ1) is 14.5. The van der Waals surface area contributed by atoms with Gasteiger partial charge in [-0.05, 0) is 55.0 Å². The molecule has 0 aromatic heterocycles. The molecule has 1 aliphatic heterocycles. The lowest BCUT2D eigenvalue weighted by molar-refractivity contribution is 0.101. The molecule has 1 heterocycles. The van der Waals surface area contributed by atoms with E-state index < -0.39 is 5.82 Å². The number of halogens is 2. The summed E-state index contributed by atoms with van der Waals surface area (Å²) in [4.78, 5) is 12.6. The average molecular weight is 425 g/mol. The van der Waals surface area contributed by atoms with E-state index in [4.69, 9.17) is 25.8 Å². The smallest absolute Gasteiger partial charge is 0.231 e. The molecule has 0 radical (unpaired) electrons. The van der Waals surface area contributed by atoms with E-state index in [0.717, 1.165) is 11.3 Å². The number of carbonyl (C=O) groups is 1. The van der Waals surface area contributed by atoms with E-state index in [9.17, 15) is 9.18 Å². The number of hydrogen-bond donors (Lipinski definition) is 0. The fourth-order valence-electron chi connectivity index (χ4n) is 3.04. The standard InChI is InChI=1S/C24H18ClFO4/c1-2-28-18-7-3-15(4-8-18)11-23-24(27)20-10-9-19(13-22(20)30-23)29-14-16-5-6-17(26)12-21(16)25/h3-13H,2,14H2,1H3. The Balaban J connectivity index is 1.48. The van der Waals surface area contributed by atoms with E-state index in [0.29, 0.717) is 34.3 Å². The molecule has 0 atom stereocenters. The summed E-state index contributed by atoms with van der Waals surface area (Å²) in [7, 11) is 0. The van der Waals surface area contributed by atoms with Crippen molar-refractivity contribution in [2.45, 2.75) is 13.5 Å². The third kappa shape index (κ3) is 4.31. The predicted octanol–water partition coefficient (Wildman–Crippen LogP) is 6.07. The summed E-state index contributed by atoms with van der Waals surface area (Å²) in [5.74, 6) is 1.37. The number of fused-ring (bicyclic) bond motifs is 1. The minimum absolute atomic E-state index is 0.167. The zero-order valence-corrected chi connectivity index (χ0v) is 16.9. The van der Waals surface area contributed by atoms with Crippen molar-refractivity contribution in [1.82, 2.24) is 0 Å². The zero-order valence-electron chi connectivity index (χ0n) is 16.2. The molecule has 152 valence electrons. The number of allylic oxidation sites excluding steroid dienone is 1. The molecule has 1 aliphatic rings.